The lowest BCUT2D eigenvalue weighted by molar-refractivity contribution is 0.497. The highest BCUT2D eigenvalue weighted by atomic mass is 16.3. The maximum atomic E-state index is 8.42. The van der Waals surface area contributed by atoms with Gasteiger partial charge in [-0.05, 0) is 12.5 Å². The van der Waals surface area contributed by atoms with Gasteiger partial charge in [-0.2, -0.15) is 5.26 Å². The number of furan rings is 1. The van der Waals surface area contributed by atoms with Crippen LogP contribution in [0.15, 0.2) is 29.4 Å². The topological polar surface area (TPSA) is 36.9 Å². The van der Waals surface area contributed by atoms with E-state index in [1.54, 1.807) is 6.26 Å². The van der Waals surface area contributed by atoms with E-state index in [1.807, 2.05) is 12.1 Å². The number of allylic oxidation sites excluding steroid dienone is 1. The summed E-state index contributed by atoms with van der Waals surface area (Å²) in [7, 11) is 0. The average molecular weight is 189 g/mol. The van der Waals surface area contributed by atoms with E-state index in [9.17, 15) is 0 Å². The molecule has 74 valence electrons. The minimum atomic E-state index is 0.325. The van der Waals surface area contributed by atoms with Crippen LogP contribution in [-0.2, 0) is 6.42 Å². The first-order chi connectivity index (χ1) is 6.79. The van der Waals surface area contributed by atoms with Crippen LogP contribution in [0.4, 0.5) is 0 Å². The lowest BCUT2D eigenvalue weighted by Gasteiger charge is -2.05. The molecule has 0 radical (unpaired) electrons. The van der Waals surface area contributed by atoms with Gasteiger partial charge in [-0.25, -0.2) is 0 Å². The standard InChI is InChI=1S/C12H15NO/c1-3-10(2)11-7-9-14-12(11)6-4-5-8-13/h3,7,9-10H,1,4-6H2,2H3. The Balaban J connectivity index is 2.63. The summed E-state index contributed by atoms with van der Waals surface area (Å²) in [5.41, 5.74) is 1.19. The molecule has 0 fully saturated rings. The molecule has 0 bridgehead atoms. The van der Waals surface area contributed by atoms with Crippen molar-refractivity contribution in [2.75, 3.05) is 0 Å². The number of rotatable bonds is 5. The third kappa shape index (κ3) is 2.50. The average Bonchev–Trinajstić information content (AvgIpc) is 2.65. The highest BCUT2D eigenvalue weighted by molar-refractivity contribution is 5.24. The van der Waals surface area contributed by atoms with E-state index in [-0.39, 0.29) is 0 Å². The molecule has 0 saturated carbocycles. The molecule has 0 aliphatic heterocycles. The fourth-order valence-corrected chi connectivity index (χ4v) is 1.41. The van der Waals surface area contributed by atoms with E-state index < -0.39 is 0 Å². The second-order valence-corrected chi connectivity index (χ2v) is 3.34. The number of nitrogens with zero attached hydrogens (tertiary/aromatic N) is 1. The van der Waals surface area contributed by atoms with Crippen LogP contribution in [0.25, 0.3) is 0 Å². The van der Waals surface area contributed by atoms with Gasteiger partial charge in [0.05, 0.1) is 12.3 Å². The third-order valence-electron chi connectivity index (χ3n) is 2.32. The maximum Gasteiger partial charge on any atom is 0.107 e. The molecule has 0 aromatic carbocycles. The molecular weight excluding hydrogens is 174 g/mol. The van der Waals surface area contributed by atoms with Crippen LogP contribution in [0, 0.1) is 11.3 Å². The fourth-order valence-electron chi connectivity index (χ4n) is 1.41. The summed E-state index contributed by atoms with van der Waals surface area (Å²) in [6.45, 7) is 5.85. The van der Waals surface area contributed by atoms with E-state index >= 15 is 0 Å². The van der Waals surface area contributed by atoms with Gasteiger partial charge in [0.1, 0.15) is 5.76 Å². The van der Waals surface area contributed by atoms with Crippen molar-refractivity contribution in [3.8, 4) is 6.07 Å². The molecule has 1 atom stereocenters. The molecule has 1 heterocycles. The van der Waals surface area contributed by atoms with Gasteiger partial charge in [0.25, 0.3) is 0 Å². The molecule has 0 aliphatic carbocycles. The molecule has 0 aliphatic rings. The van der Waals surface area contributed by atoms with E-state index in [1.165, 1.54) is 5.56 Å². The van der Waals surface area contributed by atoms with E-state index in [4.69, 9.17) is 9.68 Å². The molecule has 1 aromatic heterocycles. The molecule has 1 unspecified atom stereocenters. The van der Waals surface area contributed by atoms with Crippen molar-refractivity contribution >= 4 is 0 Å². The Morgan fingerprint density at radius 1 is 1.71 bits per heavy atom. The zero-order chi connectivity index (χ0) is 10.4. The van der Waals surface area contributed by atoms with Gasteiger partial charge in [-0.3, -0.25) is 0 Å². The SMILES string of the molecule is C=CC(C)c1ccoc1CCCC#N. The van der Waals surface area contributed by atoms with Crippen LogP contribution in [0.1, 0.15) is 37.0 Å². The Morgan fingerprint density at radius 3 is 3.14 bits per heavy atom. The minimum absolute atomic E-state index is 0.325. The molecule has 0 amide bonds. The number of unbranched alkanes of at least 4 members (excludes halogenated alkanes) is 1. The normalized spacial score (nSPS) is 12.0. The molecule has 2 heteroatoms. The molecule has 0 spiro atoms. The number of nitriles is 1. The van der Waals surface area contributed by atoms with Crippen molar-refractivity contribution in [3.05, 3.63) is 36.3 Å². The largest absolute Gasteiger partial charge is 0.469 e. The van der Waals surface area contributed by atoms with Crippen LogP contribution >= 0.6 is 0 Å². The zero-order valence-electron chi connectivity index (χ0n) is 8.49. The Kier molecular flexibility index (Phi) is 4.00. The molecule has 2 nitrogen and oxygen atoms in total. The molecule has 1 rings (SSSR count). The van der Waals surface area contributed by atoms with E-state index in [0.29, 0.717) is 12.3 Å². The second-order valence-electron chi connectivity index (χ2n) is 3.34. The number of hydrogen-bond acceptors (Lipinski definition) is 2. The maximum absolute atomic E-state index is 8.42. The molecule has 1 aromatic rings. The van der Waals surface area contributed by atoms with Gasteiger partial charge in [0, 0.05) is 24.3 Å². The lowest BCUT2D eigenvalue weighted by Crippen LogP contribution is -1.92. The summed E-state index contributed by atoms with van der Waals surface area (Å²) >= 11 is 0. The van der Waals surface area contributed by atoms with Crippen LogP contribution in [-0.4, -0.2) is 0 Å². The van der Waals surface area contributed by atoms with Gasteiger partial charge in [0.2, 0.25) is 0 Å². The summed E-state index contributed by atoms with van der Waals surface area (Å²) < 4.78 is 5.38. The minimum Gasteiger partial charge on any atom is -0.469 e. The van der Waals surface area contributed by atoms with Crippen LogP contribution in [0.5, 0.6) is 0 Å². The number of hydrogen-bond donors (Lipinski definition) is 0. The number of aryl methyl sites for hydroxylation is 1. The van der Waals surface area contributed by atoms with E-state index in [2.05, 4.69) is 19.6 Å². The summed E-state index contributed by atoms with van der Waals surface area (Å²) in [6.07, 6.45) is 5.90. The Labute approximate surface area is 84.8 Å². The van der Waals surface area contributed by atoms with E-state index in [0.717, 1.165) is 18.6 Å². The first-order valence-corrected chi connectivity index (χ1v) is 4.85. The summed E-state index contributed by atoms with van der Waals surface area (Å²) in [4.78, 5) is 0. The monoisotopic (exact) mass is 189 g/mol. The molecular formula is C12H15NO. The Hall–Kier alpha value is -1.49. The van der Waals surface area contributed by atoms with Gasteiger partial charge in [-0.1, -0.05) is 13.0 Å². The van der Waals surface area contributed by atoms with Crippen LogP contribution in [0.3, 0.4) is 0 Å². The molecule has 0 saturated heterocycles. The molecule has 14 heavy (non-hydrogen) atoms. The first kappa shape index (κ1) is 10.6. The Morgan fingerprint density at radius 2 is 2.50 bits per heavy atom. The summed E-state index contributed by atoms with van der Waals surface area (Å²) in [5.74, 6) is 1.32. The summed E-state index contributed by atoms with van der Waals surface area (Å²) in [6, 6.07) is 4.11. The quantitative estimate of drug-likeness (QED) is 0.525. The van der Waals surface area contributed by atoms with Gasteiger partial charge in [-0.15, -0.1) is 6.58 Å². The smallest absolute Gasteiger partial charge is 0.107 e. The third-order valence-corrected chi connectivity index (χ3v) is 2.32. The fraction of sp³-hybridized carbons (Fsp3) is 0.417. The first-order valence-electron chi connectivity index (χ1n) is 4.85. The van der Waals surface area contributed by atoms with Crippen molar-refractivity contribution in [1.82, 2.24) is 0 Å². The van der Waals surface area contributed by atoms with Crippen LogP contribution in [0.2, 0.25) is 0 Å². The lowest BCUT2D eigenvalue weighted by atomic mass is 10.00. The van der Waals surface area contributed by atoms with Crippen molar-refractivity contribution < 1.29 is 4.42 Å². The van der Waals surface area contributed by atoms with Gasteiger partial charge in [0.15, 0.2) is 0 Å². The predicted molar refractivity (Wildman–Crippen MR) is 55.9 cm³/mol. The zero-order valence-corrected chi connectivity index (χ0v) is 8.49. The van der Waals surface area contributed by atoms with Crippen LogP contribution < -0.4 is 0 Å². The van der Waals surface area contributed by atoms with Gasteiger partial charge < -0.3 is 4.42 Å². The van der Waals surface area contributed by atoms with Crippen molar-refractivity contribution in [2.24, 2.45) is 0 Å². The predicted octanol–water partition coefficient (Wildman–Crippen LogP) is 3.42. The highest BCUT2D eigenvalue weighted by Gasteiger charge is 2.10. The Bertz CT molecular complexity index is 332. The van der Waals surface area contributed by atoms with Crippen molar-refractivity contribution in [2.45, 2.75) is 32.1 Å². The second kappa shape index (κ2) is 5.29. The van der Waals surface area contributed by atoms with Crippen molar-refractivity contribution in [3.63, 3.8) is 0 Å². The summed E-state index contributed by atoms with van der Waals surface area (Å²) in [5, 5.41) is 8.42. The molecule has 0 N–H and O–H groups in total. The van der Waals surface area contributed by atoms with Crippen molar-refractivity contribution in [1.29, 1.82) is 5.26 Å². The van der Waals surface area contributed by atoms with Gasteiger partial charge >= 0.3 is 0 Å². The highest BCUT2D eigenvalue weighted by Crippen LogP contribution is 2.23.